The Labute approximate surface area is 193 Å². The van der Waals surface area contributed by atoms with Gasteiger partial charge >= 0.3 is 5.97 Å². The number of terminal acetylenes is 1. The maximum atomic E-state index is 11.9. The van der Waals surface area contributed by atoms with E-state index in [9.17, 15) is 19.4 Å². The number of aliphatic hydroxyl groups excluding tert-OH is 1. The fourth-order valence-electron chi connectivity index (χ4n) is 3.68. The average molecular weight is 449 g/mol. The van der Waals surface area contributed by atoms with Gasteiger partial charge in [0.25, 0.3) is 0 Å². The molecule has 2 unspecified atom stereocenters. The zero-order valence-electron chi connectivity index (χ0n) is 20.4. The molecule has 0 spiro atoms. The van der Waals surface area contributed by atoms with Crippen molar-refractivity contribution in [2.75, 3.05) is 6.67 Å². The molecule has 0 aromatic carbocycles. The lowest BCUT2D eigenvalue weighted by atomic mass is 9.75. The third kappa shape index (κ3) is 11.3. The molecule has 0 amide bonds. The summed E-state index contributed by atoms with van der Waals surface area (Å²) in [5, 5.41) is 28.8. The number of carboxylic acids is 1. The number of alkyl halides is 1. The number of carbonyl (C=O) groups is 1. The Bertz CT molecular complexity index is 760. The van der Waals surface area contributed by atoms with E-state index in [1.807, 2.05) is 6.92 Å². The van der Waals surface area contributed by atoms with Gasteiger partial charge in [-0.2, -0.15) is 0 Å². The summed E-state index contributed by atoms with van der Waals surface area (Å²) in [4.78, 5) is 11.9. The van der Waals surface area contributed by atoms with E-state index < -0.39 is 18.2 Å². The van der Waals surface area contributed by atoms with Gasteiger partial charge in [-0.1, -0.05) is 49.5 Å². The number of carboxylic acid groups (broad SMARTS) is 1. The predicted molar refractivity (Wildman–Crippen MR) is 130 cm³/mol. The molecule has 0 radical (unpaired) electrons. The maximum Gasteiger partial charge on any atom is 0.339 e. The molecule has 0 aromatic rings. The molecule has 0 fully saturated rings. The minimum absolute atomic E-state index is 0.0313. The smallest absolute Gasteiger partial charge is 0.339 e. The van der Waals surface area contributed by atoms with Crippen LogP contribution in [0.15, 0.2) is 46.8 Å². The highest BCUT2D eigenvalue weighted by molar-refractivity contribution is 5.92. The van der Waals surface area contributed by atoms with Crippen LogP contribution in [-0.2, 0) is 4.79 Å². The molecule has 3 N–H and O–H groups in total. The Morgan fingerprint density at radius 3 is 2.41 bits per heavy atom. The summed E-state index contributed by atoms with van der Waals surface area (Å²) in [5.74, 6) is 1.55. The highest BCUT2D eigenvalue weighted by Gasteiger charge is 2.28. The molecule has 1 rings (SSSR count). The van der Waals surface area contributed by atoms with Crippen molar-refractivity contribution >= 4 is 5.97 Å². The van der Waals surface area contributed by atoms with Crippen molar-refractivity contribution in [3.05, 3.63) is 46.8 Å². The van der Waals surface area contributed by atoms with E-state index in [0.717, 1.165) is 37.7 Å². The van der Waals surface area contributed by atoms with Crippen LogP contribution in [-0.4, -0.2) is 33.6 Å². The molecule has 1 aliphatic rings. The van der Waals surface area contributed by atoms with Crippen LogP contribution >= 0.6 is 0 Å². The van der Waals surface area contributed by atoms with Crippen LogP contribution in [0, 0.1) is 24.2 Å². The van der Waals surface area contributed by atoms with E-state index in [-0.39, 0.29) is 23.2 Å². The summed E-state index contributed by atoms with van der Waals surface area (Å²) in [7, 11) is 0. The third-order valence-electron chi connectivity index (χ3n) is 5.38. The summed E-state index contributed by atoms with van der Waals surface area (Å²) in [5.41, 5.74) is 1.73. The van der Waals surface area contributed by atoms with Crippen LogP contribution in [0.3, 0.4) is 0 Å². The Kier molecular flexibility index (Phi) is 13.6. The van der Waals surface area contributed by atoms with Crippen LogP contribution in [0.25, 0.3) is 0 Å². The average Bonchev–Trinajstić information content (AvgIpc) is 2.67. The van der Waals surface area contributed by atoms with Gasteiger partial charge in [0, 0.05) is 6.42 Å². The Morgan fingerprint density at radius 1 is 1.38 bits per heavy atom. The van der Waals surface area contributed by atoms with Crippen molar-refractivity contribution in [3.63, 3.8) is 0 Å². The normalized spacial score (nSPS) is 19.7. The van der Waals surface area contributed by atoms with Crippen molar-refractivity contribution in [2.24, 2.45) is 11.8 Å². The van der Waals surface area contributed by atoms with Gasteiger partial charge in [-0.25, -0.2) is 9.18 Å². The number of hydrogen-bond donors (Lipinski definition) is 3. The summed E-state index contributed by atoms with van der Waals surface area (Å²) in [6.07, 6.45) is 14.8. The van der Waals surface area contributed by atoms with Crippen molar-refractivity contribution in [3.8, 4) is 12.3 Å². The molecule has 1 aliphatic carbocycles. The van der Waals surface area contributed by atoms with E-state index in [0.29, 0.717) is 18.4 Å². The first-order valence-corrected chi connectivity index (χ1v) is 11.3. The van der Waals surface area contributed by atoms with Gasteiger partial charge in [0.2, 0.25) is 0 Å². The van der Waals surface area contributed by atoms with Gasteiger partial charge < -0.3 is 15.3 Å². The number of aliphatic carboxylic acids is 1. The molecule has 5 heteroatoms. The Morgan fingerprint density at radius 2 is 1.97 bits per heavy atom. The second-order valence-electron chi connectivity index (χ2n) is 9.24. The lowest BCUT2D eigenvalue weighted by molar-refractivity contribution is -0.132. The molecule has 32 heavy (non-hydrogen) atoms. The number of unbranched alkanes of at least 4 members (excludes halogenated alkanes) is 2. The van der Waals surface area contributed by atoms with Crippen LogP contribution in [0.2, 0.25) is 0 Å². The second kappa shape index (κ2) is 14.7. The lowest BCUT2D eigenvalue weighted by Gasteiger charge is -2.30. The first-order valence-electron chi connectivity index (χ1n) is 11.3. The van der Waals surface area contributed by atoms with E-state index in [1.165, 1.54) is 25.5 Å². The molecule has 0 heterocycles. The minimum Gasteiger partial charge on any atom is -0.511 e. The summed E-state index contributed by atoms with van der Waals surface area (Å²) < 4.78 is 11.2. The second-order valence-corrected chi connectivity index (χ2v) is 9.24. The highest BCUT2D eigenvalue weighted by atomic mass is 19.1. The van der Waals surface area contributed by atoms with Crippen LogP contribution in [0.4, 0.5) is 4.39 Å². The summed E-state index contributed by atoms with van der Waals surface area (Å²) in [6, 6.07) is 0. The zero-order valence-corrected chi connectivity index (χ0v) is 20.4. The molecular formula is C27H41FO4. The largest absolute Gasteiger partial charge is 0.511 e. The number of allylic oxidation sites excluding steroid dienone is 5. The molecule has 0 bridgehead atoms. The number of rotatable bonds is 10. The standard InChI is InChI=1S/C23H32O3.C4H9FO/c1-6-8-9-11-18(10-7-2)22(23(25)26)21(24)15-19-14-17(5)12-13-20(19)16(3)4;1-4(2,6)3-5/h2,10,14,19-20,24H,3,6,8-9,11-13,15H2,1,4-5H3,(H,25,26);6H,3H2,1-2H3/b18-10-,22-21-;. The van der Waals surface area contributed by atoms with Crippen molar-refractivity contribution in [1.29, 1.82) is 0 Å². The first-order chi connectivity index (χ1) is 14.9. The molecule has 2 atom stereocenters. The molecule has 0 saturated heterocycles. The topological polar surface area (TPSA) is 77.8 Å². The number of halogens is 1. The van der Waals surface area contributed by atoms with Crippen LogP contribution in [0.1, 0.15) is 79.6 Å². The van der Waals surface area contributed by atoms with Crippen molar-refractivity contribution in [1.82, 2.24) is 0 Å². The summed E-state index contributed by atoms with van der Waals surface area (Å²) >= 11 is 0. The lowest BCUT2D eigenvalue weighted by Crippen LogP contribution is -2.20. The van der Waals surface area contributed by atoms with E-state index in [1.54, 1.807) is 0 Å². The van der Waals surface area contributed by atoms with Crippen molar-refractivity contribution in [2.45, 2.75) is 85.2 Å². The first kappa shape index (κ1) is 29.7. The monoisotopic (exact) mass is 448 g/mol. The van der Waals surface area contributed by atoms with Gasteiger partial charge in [0.15, 0.2) is 0 Å². The minimum atomic E-state index is -1.12. The Hall–Kier alpha value is -2.32. The van der Waals surface area contributed by atoms with Gasteiger partial charge in [0.05, 0.1) is 5.60 Å². The zero-order chi connectivity index (χ0) is 24.9. The maximum absolute atomic E-state index is 11.9. The van der Waals surface area contributed by atoms with E-state index >= 15 is 0 Å². The van der Waals surface area contributed by atoms with E-state index in [4.69, 9.17) is 11.5 Å². The number of hydrogen-bond acceptors (Lipinski definition) is 3. The molecule has 0 saturated carbocycles. The number of aliphatic hydroxyl groups is 2. The fraction of sp³-hybridized carbons (Fsp3) is 0.593. The van der Waals surface area contributed by atoms with Crippen LogP contribution in [0.5, 0.6) is 0 Å². The van der Waals surface area contributed by atoms with Gasteiger partial charge in [-0.05, 0) is 76.9 Å². The molecule has 180 valence electrons. The van der Waals surface area contributed by atoms with E-state index in [2.05, 4.69) is 32.4 Å². The van der Waals surface area contributed by atoms with Gasteiger partial charge in [-0.3, -0.25) is 0 Å². The van der Waals surface area contributed by atoms with Gasteiger partial charge in [-0.15, -0.1) is 6.42 Å². The van der Waals surface area contributed by atoms with Gasteiger partial charge in [0.1, 0.15) is 18.0 Å². The fourth-order valence-corrected chi connectivity index (χ4v) is 3.68. The SMILES string of the molecule is C#C/C=C(CCCCC)\C(C(=O)O)=C(\O)CC1C=C(C)CCC1C(=C)C.CC(C)(O)CF. The van der Waals surface area contributed by atoms with Crippen LogP contribution < -0.4 is 0 Å². The predicted octanol–water partition coefficient (Wildman–Crippen LogP) is 6.69. The third-order valence-corrected chi connectivity index (χ3v) is 5.38. The molecule has 0 aromatic heterocycles. The molecule has 0 aliphatic heterocycles. The molecular weight excluding hydrogens is 407 g/mol. The molecule has 4 nitrogen and oxygen atoms in total. The summed E-state index contributed by atoms with van der Waals surface area (Å²) in [6.45, 7) is 12.4. The quantitative estimate of drug-likeness (QED) is 0.0869. The van der Waals surface area contributed by atoms with Crippen molar-refractivity contribution < 1.29 is 24.5 Å². The highest BCUT2D eigenvalue weighted by Crippen LogP contribution is 2.37. The Balaban J connectivity index is 0.00000140.